The molecule has 0 fully saturated rings. The van der Waals surface area contributed by atoms with Crippen LogP contribution in [0.15, 0.2) is 42.5 Å². The number of hydrogen-bond acceptors (Lipinski definition) is 3. The number of hydrogen-bond donors (Lipinski definition) is 2. The fraction of sp³-hybridized carbons (Fsp3) is 0.389. The lowest BCUT2D eigenvalue weighted by molar-refractivity contribution is -0.139. The number of halogens is 1. The number of ether oxygens (including phenoxy) is 1. The maximum atomic E-state index is 11.0. The molecule has 0 saturated carbocycles. The summed E-state index contributed by atoms with van der Waals surface area (Å²) in [6.45, 7) is 3.20. The Morgan fingerprint density at radius 1 is 1.22 bits per heavy atom. The fourth-order valence-electron chi connectivity index (χ4n) is 2.40. The van der Waals surface area contributed by atoms with Crippen molar-refractivity contribution in [3.63, 3.8) is 0 Å². The van der Waals surface area contributed by atoms with Crippen LogP contribution in [0.25, 0.3) is 10.8 Å². The lowest BCUT2D eigenvalue weighted by Gasteiger charge is -2.13. The zero-order chi connectivity index (χ0) is 15.8. The van der Waals surface area contributed by atoms with Gasteiger partial charge in [-0.05, 0) is 42.3 Å². The van der Waals surface area contributed by atoms with E-state index < -0.39 is 12.0 Å². The van der Waals surface area contributed by atoms with E-state index in [2.05, 4.69) is 17.4 Å². The Hall–Kier alpha value is -1.78. The first kappa shape index (κ1) is 19.3. The molecule has 0 heterocycles. The maximum Gasteiger partial charge on any atom is 0.320 e. The summed E-state index contributed by atoms with van der Waals surface area (Å²) in [4.78, 5) is 11.0. The molecule has 0 aliphatic heterocycles. The molecule has 2 N–H and O–H groups in total. The van der Waals surface area contributed by atoms with Crippen LogP contribution in [0.4, 0.5) is 0 Å². The van der Waals surface area contributed by atoms with Crippen LogP contribution in [0.1, 0.15) is 26.2 Å². The fourth-order valence-corrected chi connectivity index (χ4v) is 2.40. The van der Waals surface area contributed by atoms with E-state index >= 15 is 0 Å². The first-order chi connectivity index (χ1) is 10.7. The lowest BCUT2D eigenvalue weighted by atomic mass is 10.1. The SMILES string of the molecule is CCCC(NCCCOc1ccc2ccccc2c1)C(=O)O.Cl. The van der Waals surface area contributed by atoms with E-state index in [0.29, 0.717) is 19.6 Å². The monoisotopic (exact) mass is 337 g/mol. The number of fused-ring (bicyclic) bond motifs is 1. The number of rotatable bonds is 9. The van der Waals surface area contributed by atoms with Gasteiger partial charge in [-0.3, -0.25) is 4.79 Å². The Morgan fingerprint density at radius 3 is 2.65 bits per heavy atom. The van der Waals surface area contributed by atoms with Gasteiger partial charge in [0.1, 0.15) is 11.8 Å². The van der Waals surface area contributed by atoms with Gasteiger partial charge in [0.15, 0.2) is 0 Å². The normalized spacial score (nSPS) is 11.7. The minimum absolute atomic E-state index is 0. The van der Waals surface area contributed by atoms with E-state index in [1.54, 1.807) is 0 Å². The molecule has 0 aliphatic carbocycles. The third kappa shape index (κ3) is 6.08. The molecule has 0 aromatic heterocycles. The molecule has 23 heavy (non-hydrogen) atoms. The lowest BCUT2D eigenvalue weighted by Crippen LogP contribution is -2.37. The average molecular weight is 338 g/mol. The Kier molecular flexibility index (Phi) is 8.45. The summed E-state index contributed by atoms with van der Waals surface area (Å²) in [5, 5.41) is 14.5. The molecule has 0 radical (unpaired) electrons. The predicted molar refractivity (Wildman–Crippen MR) is 95.6 cm³/mol. The molecule has 1 atom stereocenters. The quantitative estimate of drug-likeness (QED) is 0.682. The largest absolute Gasteiger partial charge is 0.494 e. The number of carboxylic acids is 1. The molecule has 126 valence electrons. The van der Waals surface area contributed by atoms with E-state index in [-0.39, 0.29) is 12.4 Å². The Labute approximate surface area is 143 Å². The van der Waals surface area contributed by atoms with E-state index in [1.165, 1.54) is 5.39 Å². The molecule has 1 unspecified atom stereocenters. The van der Waals surface area contributed by atoms with E-state index in [9.17, 15) is 4.79 Å². The van der Waals surface area contributed by atoms with Crippen LogP contribution < -0.4 is 10.1 Å². The van der Waals surface area contributed by atoms with Gasteiger partial charge in [-0.1, -0.05) is 43.7 Å². The van der Waals surface area contributed by atoms with Crippen LogP contribution in [-0.4, -0.2) is 30.3 Å². The zero-order valence-corrected chi connectivity index (χ0v) is 14.1. The second-order valence-electron chi connectivity index (χ2n) is 5.34. The summed E-state index contributed by atoms with van der Waals surface area (Å²) in [5.74, 6) is 0.0688. The standard InChI is InChI=1S/C18H23NO3.ClH/c1-2-6-17(18(20)21)19-11-5-12-22-16-10-9-14-7-3-4-8-15(14)13-16;/h3-4,7-10,13,17,19H,2,5-6,11-12H2,1H3,(H,20,21);1H. The van der Waals surface area contributed by atoms with Crippen LogP contribution in [0, 0.1) is 0 Å². The second-order valence-corrected chi connectivity index (χ2v) is 5.34. The first-order valence-electron chi connectivity index (χ1n) is 7.78. The summed E-state index contributed by atoms with van der Waals surface area (Å²) in [7, 11) is 0. The van der Waals surface area contributed by atoms with Crippen LogP contribution in [0.2, 0.25) is 0 Å². The minimum Gasteiger partial charge on any atom is -0.494 e. The third-order valence-corrected chi connectivity index (χ3v) is 3.58. The van der Waals surface area contributed by atoms with E-state index in [4.69, 9.17) is 9.84 Å². The van der Waals surface area contributed by atoms with Gasteiger partial charge < -0.3 is 15.2 Å². The van der Waals surface area contributed by atoms with Gasteiger partial charge >= 0.3 is 5.97 Å². The van der Waals surface area contributed by atoms with Gasteiger partial charge in [-0.25, -0.2) is 0 Å². The van der Waals surface area contributed by atoms with Crippen molar-refractivity contribution < 1.29 is 14.6 Å². The summed E-state index contributed by atoms with van der Waals surface area (Å²) in [5.41, 5.74) is 0. The van der Waals surface area contributed by atoms with Crippen LogP contribution in [-0.2, 0) is 4.79 Å². The van der Waals surface area contributed by atoms with Crippen LogP contribution in [0.3, 0.4) is 0 Å². The van der Waals surface area contributed by atoms with Gasteiger partial charge in [0, 0.05) is 0 Å². The summed E-state index contributed by atoms with van der Waals surface area (Å²) < 4.78 is 5.73. The van der Waals surface area contributed by atoms with Crippen molar-refractivity contribution in [2.24, 2.45) is 0 Å². The molecule has 2 rings (SSSR count). The van der Waals surface area contributed by atoms with Crippen molar-refractivity contribution in [2.75, 3.05) is 13.2 Å². The molecule has 2 aromatic carbocycles. The summed E-state index contributed by atoms with van der Waals surface area (Å²) in [6.07, 6.45) is 2.29. The van der Waals surface area contributed by atoms with Gasteiger partial charge in [-0.15, -0.1) is 12.4 Å². The Morgan fingerprint density at radius 2 is 1.96 bits per heavy atom. The number of carboxylic acid groups (broad SMARTS) is 1. The number of benzene rings is 2. The van der Waals surface area contributed by atoms with Crippen molar-refractivity contribution in [3.05, 3.63) is 42.5 Å². The van der Waals surface area contributed by atoms with Crippen LogP contribution >= 0.6 is 12.4 Å². The zero-order valence-electron chi connectivity index (χ0n) is 13.3. The van der Waals surface area contributed by atoms with Gasteiger partial charge in [0.25, 0.3) is 0 Å². The van der Waals surface area contributed by atoms with Crippen molar-refractivity contribution >= 4 is 29.1 Å². The maximum absolute atomic E-state index is 11.0. The summed E-state index contributed by atoms with van der Waals surface area (Å²) in [6, 6.07) is 13.7. The molecular weight excluding hydrogens is 314 g/mol. The Balaban J connectivity index is 0.00000264. The first-order valence-corrected chi connectivity index (χ1v) is 7.78. The van der Waals surface area contributed by atoms with E-state index in [0.717, 1.165) is 24.0 Å². The molecule has 0 saturated heterocycles. The molecule has 2 aromatic rings. The highest BCUT2D eigenvalue weighted by Crippen LogP contribution is 2.20. The topological polar surface area (TPSA) is 58.6 Å². The smallest absolute Gasteiger partial charge is 0.320 e. The van der Waals surface area contributed by atoms with Crippen LogP contribution in [0.5, 0.6) is 5.75 Å². The average Bonchev–Trinajstić information content (AvgIpc) is 2.53. The van der Waals surface area contributed by atoms with Crippen molar-refractivity contribution in [2.45, 2.75) is 32.2 Å². The highest BCUT2D eigenvalue weighted by Gasteiger charge is 2.14. The Bertz CT molecular complexity index is 618. The number of carbonyl (C=O) groups is 1. The second kappa shape index (κ2) is 10.1. The highest BCUT2D eigenvalue weighted by atomic mass is 35.5. The van der Waals surface area contributed by atoms with Gasteiger partial charge in [0.05, 0.1) is 6.61 Å². The molecule has 4 nitrogen and oxygen atoms in total. The minimum atomic E-state index is -0.780. The molecular formula is C18H24ClNO3. The van der Waals surface area contributed by atoms with Gasteiger partial charge in [0.2, 0.25) is 0 Å². The van der Waals surface area contributed by atoms with E-state index in [1.807, 2.05) is 37.3 Å². The molecule has 0 spiro atoms. The predicted octanol–water partition coefficient (Wildman–Crippen LogP) is 3.87. The molecule has 0 aliphatic rings. The number of aliphatic carboxylic acids is 1. The van der Waals surface area contributed by atoms with Crippen molar-refractivity contribution in [1.82, 2.24) is 5.32 Å². The number of nitrogens with one attached hydrogen (secondary N) is 1. The third-order valence-electron chi connectivity index (χ3n) is 3.58. The molecule has 5 heteroatoms. The molecule has 0 amide bonds. The van der Waals surface area contributed by atoms with Gasteiger partial charge in [-0.2, -0.15) is 0 Å². The molecule has 0 bridgehead atoms. The summed E-state index contributed by atoms with van der Waals surface area (Å²) >= 11 is 0. The van der Waals surface area contributed by atoms with Crippen molar-refractivity contribution in [1.29, 1.82) is 0 Å². The highest BCUT2D eigenvalue weighted by molar-refractivity contribution is 5.85. The van der Waals surface area contributed by atoms with Crippen molar-refractivity contribution in [3.8, 4) is 5.75 Å².